The summed E-state index contributed by atoms with van der Waals surface area (Å²) >= 11 is 5.44. The van der Waals surface area contributed by atoms with Crippen LogP contribution < -0.4 is 4.74 Å². The van der Waals surface area contributed by atoms with Gasteiger partial charge in [-0.3, -0.25) is 4.55 Å². The van der Waals surface area contributed by atoms with Gasteiger partial charge in [-0.2, -0.15) is 8.42 Å². The lowest BCUT2D eigenvalue weighted by atomic mass is 10.1. The van der Waals surface area contributed by atoms with E-state index in [0.29, 0.717) is 9.39 Å². The fourth-order valence-electron chi connectivity index (χ4n) is 2.41. The lowest BCUT2D eigenvalue weighted by molar-refractivity contribution is 0.397. The van der Waals surface area contributed by atoms with Crippen LogP contribution in [0.4, 0.5) is 0 Å². The van der Waals surface area contributed by atoms with Crippen LogP contribution in [0.5, 0.6) is 5.75 Å². The Balaban J connectivity index is 2.10. The van der Waals surface area contributed by atoms with E-state index >= 15 is 0 Å². The number of hydrogen-bond donors (Lipinski definition) is 1. The maximum Gasteiger partial charge on any atom is 0.298 e. The lowest BCUT2D eigenvalue weighted by Crippen LogP contribution is -2.01. The van der Waals surface area contributed by atoms with E-state index < -0.39 is 10.1 Å². The van der Waals surface area contributed by atoms with Crippen molar-refractivity contribution in [3.05, 3.63) is 62.8 Å². The van der Waals surface area contributed by atoms with Crippen LogP contribution in [0, 0.1) is 3.82 Å². The molecule has 3 rings (SSSR count). The van der Waals surface area contributed by atoms with Gasteiger partial charge in [-0.1, -0.05) is 75.4 Å². The Bertz CT molecular complexity index is 1110. The van der Waals surface area contributed by atoms with Gasteiger partial charge in [0.25, 0.3) is 10.1 Å². The minimum atomic E-state index is -4.41. The van der Waals surface area contributed by atoms with Crippen molar-refractivity contribution in [3.63, 3.8) is 0 Å². The zero-order valence-electron chi connectivity index (χ0n) is 13.6. The van der Waals surface area contributed by atoms with Crippen LogP contribution in [0.15, 0.2) is 53.4 Å². The highest BCUT2D eigenvalue weighted by molar-refractivity contribution is 7.86. The normalized spacial score (nSPS) is 11.8. The van der Waals surface area contributed by atoms with Crippen molar-refractivity contribution in [2.45, 2.75) is 4.90 Å². The number of benzene rings is 2. The highest BCUT2D eigenvalue weighted by atomic mass is 32.9. The summed E-state index contributed by atoms with van der Waals surface area (Å²) in [7, 11) is -0.0929. The quantitative estimate of drug-likeness (QED) is 0.328. The fourth-order valence-corrected chi connectivity index (χ4v) is 5.82. The molecule has 2 aromatic carbocycles. The standard InChI is InChI=1S/C18H14O4S4/c1-22-14-9-8-13(11-16(14)26(19,20)21)17-15(24-25-18(17)23)10-7-12-5-3-2-4-6-12/h2-11H,1H3,(H,19,20,21). The molecule has 0 amide bonds. The average Bonchev–Trinajstić information content (AvgIpc) is 3.00. The topological polar surface area (TPSA) is 63.6 Å². The van der Waals surface area contributed by atoms with Gasteiger partial charge < -0.3 is 4.74 Å². The van der Waals surface area contributed by atoms with Crippen molar-refractivity contribution >= 4 is 55.2 Å². The monoisotopic (exact) mass is 422 g/mol. The van der Waals surface area contributed by atoms with Crippen LogP contribution >= 0.6 is 32.9 Å². The number of hydrogen-bond acceptors (Lipinski definition) is 6. The van der Waals surface area contributed by atoms with Gasteiger partial charge in [0, 0.05) is 10.4 Å². The molecular formula is C18H14O4S4. The molecule has 0 saturated heterocycles. The van der Waals surface area contributed by atoms with Crippen LogP contribution in [0.1, 0.15) is 10.4 Å². The van der Waals surface area contributed by atoms with Crippen LogP contribution in [0.2, 0.25) is 0 Å². The van der Waals surface area contributed by atoms with Crippen LogP contribution in [0.3, 0.4) is 0 Å². The molecule has 1 heterocycles. The van der Waals surface area contributed by atoms with E-state index in [0.717, 1.165) is 16.0 Å². The maximum absolute atomic E-state index is 11.7. The molecule has 0 atom stereocenters. The molecule has 8 heteroatoms. The fraction of sp³-hybridized carbons (Fsp3) is 0.0556. The Kier molecular flexibility index (Phi) is 5.69. The summed E-state index contributed by atoms with van der Waals surface area (Å²) in [5.74, 6) is 0.0856. The molecule has 134 valence electrons. The molecule has 0 aliphatic rings. The largest absolute Gasteiger partial charge is 0.495 e. The maximum atomic E-state index is 11.7. The second-order valence-electron chi connectivity index (χ2n) is 5.28. The molecule has 0 aliphatic carbocycles. The second kappa shape index (κ2) is 7.81. The summed E-state index contributed by atoms with van der Waals surface area (Å²) in [6, 6.07) is 14.5. The third-order valence-corrected chi connectivity index (χ3v) is 7.51. The first-order valence-corrected chi connectivity index (χ1v) is 11.4. The smallest absolute Gasteiger partial charge is 0.298 e. The summed E-state index contributed by atoms with van der Waals surface area (Å²) in [4.78, 5) is 0.649. The van der Waals surface area contributed by atoms with Crippen molar-refractivity contribution < 1.29 is 17.7 Å². The van der Waals surface area contributed by atoms with Crippen molar-refractivity contribution in [1.82, 2.24) is 0 Å². The molecule has 0 bridgehead atoms. The Morgan fingerprint density at radius 2 is 1.81 bits per heavy atom. The van der Waals surface area contributed by atoms with Gasteiger partial charge in [-0.25, -0.2) is 0 Å². The molecule has 0 radical (unpaired) electrons. The molecule has 0 saturated carbocycles. The Morgan fingerprint density at radius 1 is 1.08 bits per heavy atom. The highest BCUT2D eigenvalue weighted by Gasteiger charge is 2.19. The molecule has 1 aromatic heterocycles. The van der Waals surface area contributed by atoms with Crippen molar-refractivity contribution in [1.29, 1.82) is 0 Å². The van der Waals surface area contributed by atoms with Gasteiger partial charge >= 0.3 is 0 Å². The van der Waals surface area contributed by atoms with Crippen LogP contribution in [-0.4, -0.2) is 20.1 Å². The Morgan fingerprint density at radius 3 is 2.46 bits per heavy atom. The predicted molar refractivity (Wildman–Crippen MR) is 110 cm³/mol. The molecule has 4 nitrogen and oxygen atoms in total. The molecule has 0 fully saturated rings. The van der Waals surface area contributed by atoms with Gasteiger partial charge in [-0.15, -0.1) is 0 Å². The second-order valence-corrected chi connectivity index (χ2v) is 9.52. The minimum Gasteiger partial charge on any atom is -0.495 e. The van der Waals surface area contributed by atoms with E-state index in [9.17, 15) is 13.0 Å². The van der Waals surface area contributed by atoms with E-state index in [-0.39, 0.29) is 10.6 Å². The lowest BCUT2D eigenvalue weighted by Gasteiger charge is -2.08. The van der Waals surface area contributed by atoms with Gasteiger partial charge in [0.15, 0.2) is 0 Å². The third kappa shape index (κ3) is 4.11. The number of ether oxygens (including phenoxy) is 1. The summed E-state index contributed by atoms with van der Waals surface area (Å²) in [5, 5.41) is 0. The highest BCUT2D eigenvalue weighted by Crippen LogP contribution is 2.38. The Hall–Kier alpha value is -1.84. The zero-order valence-corrected chi connectivity index (χ0v) is 16.8. The first-order chi connectivity index (χ1) is 12.4. The molecule has 1 N–H and O–H groups in total. The first kappa shape index (κ1) is 18.9. The Labute approximate surface area is 164 Å². The zero-order chi connectivity index (χ0) is 18.7. The number of rotatable bonds is 5. The van der Waals surface area contributed by atoms with E-state index in [1.165, 1.54) is 39.9 Å². The molecule has 0 unspecified atom stereocenters. The SMILES string of the molecule is COc1ccc(-c2c(C=Cc3ccccc3)ssc2=S)cc1S(=O)(=O)O. The van der Waals surface area contributed by atoms with Gasteiger partial charge in [0.1, 0.15) is 14.5 Å². The predicted octanol–water partition coefficient (Wildman–Crippen LogP) is 5.63. The summed E-state index contributed by atoms with van der Waals surface area (Å²) < 4.78 is 38.5. The molecule has 3 aromatic rings. The van der Waals surface area contributed by atoms with Gasteiger partial charge in [0.2, 0.25) is 0 Å². The van der Waals surface area contributed by atoms with Crippen LogP contribution in [-0.2, 0) is 10.1 Å². The van der Waals surface area contributed by atoms with Gasteiger partial charge in [0.05, 0.1) is 7.11 Å². The van der Waals surface area contributed by atoms with E-state index in [4.69, 9.17) is 17.0 Å². The third-order valence-electron chi connectivity index (χ3n) is 3.61. The first-order valence-electron chi connectivity index (χ1n) is 7.42. The van der Waals surface area contributed by atoms with Crippen molar-refractivity contribution in [2.75, 3.05) is 7.11 Å². The molecule has 0 aliphatic heterocycles. The minimum absolute atomic E-state index is 0.0856. The van der Waals surface area contributed by atoms with E-state index in [1.807, 2.05) is 42.5 Å². The average molecular weight is 423 g/mol. The summed E-state index contributed by atoms with van der Waals surface area (Å²) in [5.41, 5.74) is 2.44. The van der Waals surface area contributed by atoms with Gasteiger partial charge in [-0.05, 0) is 29.3 Å². The van der Waals surface area contributed by atoms with Crippen molar-refractivity contribution in [2.24, 2.45) is 0 Å². The molecule has 0 spiro atoms. The molecular weight excluding hydrogens is 408 g/mol. The molecule has 26 heavy (non-hydrogen) atoms. The van der Waals surface area contributed by atoms with Crippen molar-refractivity contribution in [3.8, 4) is 16.9 Å². The van der Waals surface area contributed by atoms with E-state index in [2.05, 4.69) is 0 Å². The summed E-state index contributed by atoms with van der Waals surface area (Å²) in [6.45, 7) is 0. The van der Waals surface area contributed by atoms with E-state index in [1.54, 1.807) is 6.07 Å². The number of methoxy groups -OCH3 is 1. The summed E-state index contributed by atoms with van der Waals surface area (Å²) in [6.07, 6.45) is 3.93. The van der Waals surface area contributed by atoms with Crippen LogP contribution in [0.25, 0.3) is 23.3 Å².